The Kier molecular flexibility index (Phi) is 3.04. The maximum Gasteiger partial charge on any atom is 0.307 e. The Morgan fingerprint density at radius 3 is 2.25 bits per heavy atom. The highest BCUT2D eigenvalue weighted by Gasteiger charge is 1.70. The predicted molar refractivity (Wildman–Crippen MR) is 20.6 cm³/mol. The van der Waals surface area contributed by atoms with Gasteiger partial charge in [-0.1, -0.05) is 0 Å². The smallest absolute Gasteiger partial charge is 0.0407 e. The van der Waals surface area contributed by atoms with Crippen LogP contribution in [0.15, 0.2) is 0 Å². The van der Waals surface area contributed by atoms with Crippen LogP contribution in [0.5, 0.6) is 0 Å². The molecule has 0 bridgehead atoms. The molecule has 0 aliphatic carbocycles. The molecule has 0 heterocycles. The molecule has 2 heteroatoms. The number of rotatable bonds is 1. The van der Waals surface area contributed by atoms with Crippen molar-refractivity contribution in [3.63, 3.8) is 0 Å². The van der Waals surface area contributed by atoms with Crippen LogP contribution < -0.4 is 0 Å². The Morgan fingerprint density at radius 2 is 2.25 bits per heavy atom. The maximum absolute atomic E-state index is 6.37. The molecule has 0 aromatic heterocycles. The summed E-state index contributed by atoms with van der Waals surface area (Å²) in [6, 6.07) is 0. The lowest BCUT2D eigenvalue weighted by Crippen LogP contribution is -1.57. The van der Waals surface area contributed by atoms with Crippen molar-refractivity contribution in [3.05, 3.63) is 0 Å². The minimum atomic E-state index is 0.903. The standard InChI is InChI=1S/C2H6NS/c1-2-4-3/h3H,2H2,1H3/q+1. The first-order valence-corrected chi connectivity index (χ1v) is 2.19. The predicted octanol–water partition coefficient (Wildman–Crippen LogP) is 0.851. The molecule has 0 unspecified atom stereocenters. The second kappa shape index (κ2) is 3.02. The van der Waals surface area contributed by atoms with E-state index in [4.69, 9.17) is 4.78 Å². The fraction of sp³-hybridized carbons (Fsp3) is 1.00. The van der Waals surface area contributed by atoms with Crippen molar-refractivity contribution in [2.75, 3.05) is 5.75 Å². The molecule has 0 aliphatic rings. The van der Waals surface area contributed by atoms with E-state index in [0.29, 0.717) is 0 Å². The number of nitrogens with one attached hydrogen (secondary N) is 1. The van der Waals surface area contributed by atoms with E-state index in [1.807, 2.05) is 6.92 Å². The van der Waals surface area contributed by atoms with Crippen molar-refractivity contribution < 1.29 is 0 Å². The lowest BCUT2D eigenvalue weighted by atomic mass is 11.0. The second-order valence-corrected chi connectivity index (χ2v) is 1.30. The molecular formula is C2H6NS+. The average Bonchev–Trinajstić information content (AvgIpc) is 1.37. The Bertz CT molecular complexity index is 20.0. The molecule has 0 aromatic rings. The molecule has 24 valence electrons. The molecule has 0 aliphatic heterocycles. The Morgan fingerprint density at radius 1 is 2.00 bits per heavy atom. The first kappa shape index (κ1) is 4.02. The zero-order valence-electron chi connectivity index (χ0n) is 2.62. The number of hydrogen-bond acceptors (Lipinski definition) is 1. The molecular weight excluding hydrogens is 70.1 g/mol. The van der Waals surface area contributed by atoms with Crippen LogP contribution in [0.25, 0.3) is 0 Å². The van der Waals surface area contributed by atoms with E-state index in [9.17, 15) is 0 Å². The molecule has 0 fully saturated rings. The minimum absolute atomic E-state index is 0.903. The monoisotopic (exact) mass is 76.0 g/mol. The fourth-order valence-corrected chi connectivity index (χ4v) is 0. The number of hydrogen-bond donors (Lipinski definition) is 1. The molecule has 1 N–H and O–H groups in total. The Balaban J connectivity index is 2.30. The molecule has 0 amide bonds. The van der Waals surface area contributed by atoms with Crippen LogP contribution in [-0.4, -0.2) is 5.75 Å². The lowest BCUT2D eigenvalue weighted by Gasteiger charge is -1.34. The van der Waals surface area contributed by atoms with Crippen molar-refractivity contribution in [3.8, 4) is 0 Å². The summed E-state index contributed by atoms with van der Waals surface area (Å²) in [5, 5.41) is 0. The van der Waals surface area contributed by atoms with Crippen molar-refractivity contribution in [2.45, 2.75) is 6.92 Å². The zero-order chi connectivity index (χ0) is 3.41. The van der Waals surface area contributed by atoms with E-state index in [-0.39, 0.29) is 0 Å². The van der Waals surface area contributed by atoms with Gasteiger partial charge in [-0.2, -0.15) is 0 Å². The Hall–Kier alpha value is 0.0200. The van der Waals surface area contributed by atoms with Gasteiger partial charge in [0.05, 0.1) is 0 Å². The van der Waals surface area contributed by atoms with Gasteiger partial charge in [-0.05, 0) is 11.7 Å². The lowest BCUT2D eigenvalue weighted by molar-refractivity contribution is 1.50. The molecule has 1 nitrogen and oxygen atoms in total. The molecule has 4 heavy (non-hydrogen) atoms. The van der Waals surface area contributed by atoms with Gasteiger partial charge in [-0.25, -0.2) is 0 Å². The van der Waals surface area contributed by atoms with Crippen LogP contribution in [0.2, 0.25) is 0 Å². The second-order valence-electron chi connectivity index (χ2n) is 0.433. The van der Waals surface area contributed by atoms with Crippen LogP contribution in [0.3, 0.4) is 0 Å². The van der Waals surface area contributed by atoms with Gasteiger partial charge in [-0.15, -0.1) is 0 Å². The van der Waals surface area contributed by atoms with Gasteiger partial charge in [0.25, 0.3) is 0 Å². The van der Waals surface area contributed by atoms with Gasteiger partial charge in [0, 0.05) is 0 Å². The van der Waals surface area contributed by atoms with Gasteiger partial charge in [0.15, 0.2) is 0 Å². The molecule has 0 saturated heterocycles. The maximum atomic E-state index is 6.37. The third-order valence-corrected chi connectivity index (χ3v) is 0.433. The van der Waals surface area contributed by atoms with Crippen molar-refractivity contribution in [2.24, 2.45) is 0 Å². The summed E-state index contributed by atoms with van der Waals surface area (Å²) in [5.41, 5.74) is 0. The van der Waals surface area contributed by atoms with Crippen LogP contribution in [0.1, 0.15) is 6.92 Å². The molecule has 0 rings (SSSR count). The topological polar surface area (TPSA) is 23.9 Å². The average molecular weight is 76.1 g/mol. The van der Waals surface area contributed by atoms with E-state index in [1.54, 1.807) is 0 Å². The van der Waals surface area contributed by atoms with Gasteiger partial charge < -0.3 is 0 Å². The normalized spacial score (nSPS) is 6.25. The zero-order valence-corrected chi connectivity index (χ0v) is 3.43. The van der Waals surface area contributed by atoms with E-state index in [2.05, 4.69) is 0 Å². The van der Waals surface area contributed by atoms with Gasteiger partial charge in [0.2, 0.25) is 5.75 Å². The van der Waals surface area contributed by atoms with Crippen molar-refractivity contribution >= 4 is 11.6 Å². The third-order valence-electron chi connectivity index (χ3n) is 0.144. The van der Waals surface area contributed by atoms with Gasteiger partial charge in [0.1, 0.15) is 0 Å². The summed E-state index contributed by atoms with van der Waals surface area (Å²) in [6.07, 6.45) is 0. The third kappa shape index (κ3) is 2.02. The van der Waals surface area contributed by atoms with Crippen LogP contribution in [0, 0.1) is 4.78 Å². The Labute approximate surface area is 30.0 Å². The van der Waals surface area contributed by atoms with E-state index in [0.717, 1.165) is 17.3 Å². The first-order chi connectivity index (χ1) is 1.91. The quantitative estimate of drug-likeness (QED) is 0.448. The van der Waals surface area contributed by atoms with E-state index >= 15 is 0 Å². The SMILES string of the molecule is CC[S+]=N. The highest BCUT2D eigenvalue weighted by Crippen LogP contribution is 1.46. The summed E-state index contributed by atoms with van der Waals surface area (Å²) in [4.78, 5) is 0. The molecule has 0 saturated carbocycles. The molecule has 0 radical (unpaired) electrons. The largest absolute Gasteiger partial charge is 0.307 e. The fourth-order valence-electron chi connectivity index (χ4n) is 0. The molecule has 0 atom stereocenters. The molecule has 0 aromatic carbocycles. The van der Waals surface area contributed by atoms with Crippen LogP contribution in [0.4, 0.5) is 0 Å². The van der Waals surface area contributed by atoms with Gasteiger partial charge in [-0.3, -0.25) is 0 Å². The van der Waals surface area contributed by atoms with Crippen LogP contribution in [-0.2, 0) is 11.6 Å². The van der Waals surface area contributed by atoms with Gasteiger partial charge >= 0.3 is 11.6 Å². The summed E-state index contributed by atoms with van der Waals surface area (Å²) >= 11 is 1.11. The first-order valence-electron chi connectivity index (χ1n) is 1.20. The molecule has 0 spiro atoms. The van der Waals surface area contributed by atoms with Crippen molar-refractivity contribution in [1.82, 2.24) is 0 Å². The van der Waals surface area contributed by atoms with E-state index < -0.39 is 0 Å². The minimum Gasteiger partial charge on any atom is -0.0407 e. The summed E-state index contributed by atoms with van der Waals surface area (Å²) < 4.78 is 6.37. The van der Waals surface area contributed by atoms with Crippen LogP contribution >= 0.6 is 0 Å². The summed E-state index contributed by atoms with van der Waals surface area (Å²) in [7, 11) is 0. The highest BCUT2D eigenvalue weighted by molar-refractivity contribution is 7.66. The van der Waals surface area contributed by atoms with Crippen molar-refractivity contribution in [1.29, 1.82) is 4.78 Å². The van der Waals surface area contributed by atoms with E-state index in [1.165, 1.54) is 0 Å². The summed E-state index contributed by atoms with van der Waals surface area (Å²) in [6.45, 7) is 1.96. The highest BCUT2D eigenvalue weighted by atomic mass is 32.1. The summed E-state index contributed by atoms with van der Waals surface area (Å²) in [5.74, 6) is 0.903.